The summed E-state index contributed by atoms with van der Waals surface area (Å²) in [6.45, 7) is 3.34. The minimum Gasteiger partial charge on any atom is -0.336 e. The van der Waals surface area contributed by atoms with Crippen molar-refractivity contribution in [3.63, 3.8) is 0 Å². The fraction of sp³-hybridized carbons (Fsp3) is 0.353. The van der Waals surface area contributed by atoms with Crippen LogP contribution < -0.4 is 5.73 Å². The summed E-state index contributed by atoms with van der Waals surface area (Å²) in [5.74, 6) is 0.0434. The molecule has 1 aromatic carbocycles. The maximum absolute atomic E-state index is 12.4. The van der Waals surface area contributed by atoms with Gasteiger partial charge in [0.05, 0.1) is 12.6 Å². The number of hydrogen-bond donors (Lipinski definition) is 1. The maximum atomic E-state index is 12.4. The average Bonchev–Trinajstić information content (AvgIpc) is 3.03. The van der Waals surface area contributed by atoms with Crippen molar-refractivity contribution in [1.29, 1.82) is 0 Å². The molecule has 0 saturated heterocycles. The van der Waals surface area contributed by atoms with Gasteiger partial charge < -0.3 is 10.6 Å². The third-order valence-electron chi connectivity index (χ3n) is 3.52. The van der Waals surface area contributed by atoms with E-state index >= 15 is 0 Å². The first-order chi connectivity index (χ1) is 10.2. The summed E-state index contributed by atoms with van der Waals surface area (Å²) in [7, 11) is 0. The lowest BCUT2D eigenvalue weighted by molar-refractivity contribution is -0.133. The quantitative estimate of drug-likeness (QED) is 0.854. The van der Waals surface area contributed by atoms with Gasteiger partial charge in [-0.1, -0.05) is 36.4 Å². The fourth-order valence-corrected chi connectivity index (χ4v) is 2.98. The predicted octanol–water partition coefficient (Wildman–Crippen LogP) is 3.06. The molecule has 2 N–H and O–H groups in total. The van der Waals surface area contributed by atoms with Gasteiger partial charge in [0.2, 0.25) is 5.91 Å². The zero-order valence-corrected chi connectivity index (χ0v) is 13.2. The Balaban J connectivity index is 1.87. The van der Waals surface area contributed by atoms with E-state index in [0.29, 0.717) is 19.5 Å². The molecule has 21 heavy (non-hydrogen) atoms. The number of hydrogen-bond acceptors (Lipinski definition) is 3. The summed E-state index contributed by atoms with van der Waals surface area (Å²) < 4.78 is 0. The molecule has 0 bridgehead atoms. The Morgan fingerprint density at radius 2 is 2.00 bits per heavy atom. The van der Waals surface area contributed by atoms with Crippen LogP contribution in [0.4, 0.5) is 0 Å². The Kier molecular flexibility index (Phi) is 5.96. The Bertz CT molecular complexity index is 539. The lowest BCUT2D eigenvalue weighted by Gasteiger charge is -2.24. The lowest BCUT2D eigenvalue weighted by atomic mass is 10.0. The molecule has 0 radical (unpaired) electrons. The normalized spacial score (nSPS) is 12.1. The van der Waals surface area contributed by atoms with Crippen LogP contribution in [0.15, 0.2) is 47.8 Å². The van der Waals surface area contributed by atoms with E-state index in [2.05, 4.69) is 18.2 Å². The van der Waals surface area contributed by atoms with E-state index in [1.165, 1.54) is 10.4 Å². The predicted molar refractivity (Wildman–Crippen MR) is 88.1 cm³/mol. The molecule has 1 aromatic heterocycles. The molecule has 0 aliphatic carbocycles. The van der Waals surface area contributed by atoms with Gasteiger partial charge in [0.1, 0.15) is 0 Å². The highest BCUT2D eigenvalue weighted by molar-refractivity contribution is 7.09. The van der Waals surface area contributed by atoms with Crippen LogP contribution in [0.3, 0.4) is 0 Å². The second-order valence-electron chi connectivity index (χ2n) is 5.06. The van der Waals surface area contributed by atoms with Crippen LogP contribution in [0.25, 0.3) is 0 Å². The van der Waals surface area contributed by atoms with Gasteiger partial charge in [0, 0.05) is 11.4 Å². The molecule has 1 atom stereocenters. The highest BCUT2D eigenvalue weighted by Crippen LogP contribution is 2.13. The van der Waals surface area contributed by atoms with Crippen LogP contribution in [0.2, 0.25) is 0 Å². The molecular weight excluding hydrogens is 280 g/mol. The molecule has 4 heteroatoms. The lowest BCUT2D eigenvalue weighted by Crippen LogP contribution is -2.43. The van der Waals surface area contributed by atoms with Crippen LogP contribution in [0, 0.1) is 0 Å². The van der Waals surface area contributed by atoms with E-state index in [4.69, 9.17) is 5.73 Å². The summed E-state index contributed by atoms with van der Waals surface area (Å²) in [4.78, 5) is 15.5. The molecule has 0 aliphatic heterocycles. The summed E-state index contributed by atoms with van der Waals surface area (Å²) in [6.07, 6.45) is 1.52. The van der Waals surface area contributed by atoms with Crippen molar-refractivity contribution in [2.24, 2.45) is 5.73 Å². The molecule has 3 nitrogen and oxygen atoms in total. The van der Waals surface area contributed by atoms with Crippen molar-refractivity contribution in [3.05, 3.63) is 58.3 Å². The van der Waals surface area contributed by atoms with Gasteiger partial charge in [-0.3, -0.25) is 4.79 Å². The van der Waals surface area contributed by atoms with E-state index in [1.807, 2.05) is 41.5 Å². The average molecular weight is 302 g/mol. The molecule has 2 aromatic rings. The number of amides is 1. The molecule has 0 spiro atoms. The van der Waals surface area contributed by atoms with Crippen LogP contribution in [-0.4, -0.2) is 23.4 Å². The van der Waals surface area contributed by atoms with Gasteiger partial charge in [-0.05, 0) is 36.8 Å². The van der Waals surface area contributed by atoms with E-state index in [-0.39, 0.29) is 5.91 Å². The van der Waals surface area contributed by atoms with E-state index < -0.39 is 6.04 Å². The minimum absolute atomic E-state index is 0.0434. The summed E-state index contributed by atoms with van der Waals surface area (Å²) in [5, 5.41) is 2.03. The van der Waals surface area contributed by atoms with Gasteiger partial charge in [-0.15, -0.1) is 11.3 Å². The van der Waals surface area contributed by atoms with E-state index in [0.717, 1.165) is 6.42 Å². The Labute approximate surface area is 130 Å². The second-order valence-corrected chi connectivity index (χ2v) is 6.09. The molecule has 1 unspecified atom stereocenters. The number of benzene rings is 1. The summed E-state index contributed by atoms with van der Waals surface area (Å²) in [6, 6.07) is 13.8. The van der Waals surface area contributed by atoms with Crippen molar-refractivity contribution >= 4 is 17.2 Å². The third kappa shape index (κ3) is 4.69. The topological polar surface area (TPSA) is 46.3 Å². The third-order valence-corrected chi connectivity index (χ3v) is 4.39. The number of likely N-dealkylation sites (N-methyl/N-ethyl adjacent to an activating group) is 1. The van der Waals surface area contributed by atoms with Crippen LogP contribution >= 0.6 is 11.3 Å². The van der Waals surface area contributed by atoms with Crippen LogP contribution in [0.1, 0.15) is 23.8 Å². The Morgan fingerprint density at radius 3 is 2.62 bits per heavy atom. The first-order valence-corrected chi connectivity index (χ1v) is 8.19. The SMILES string of the molecule is CCN(Cc1cccs1)C(=O)C(N)CCc1ccccc1. The monoisotopic (exact) mass is 302 g/mol. The number of aryl methyl sites for hydroxylation is 1. The first-order valence-electron chi connectivity index (χ1n) is 7.31. The van der Waals surface area contributed by atoms with Crippen LogP contribution in [0.5, 0.6) is 0 Å². The molecule has 0 saturated carbocycles. The fourth-order valence-electron chi connectivity index (χ4n) is 2.26. The zero-order valence-electron chi connectivity index (χ0n) is 12.4. The first kappa shape index (κ1) is 15.7. The van der Waals surface area contributed by atoms with Gasteiger partial charge in [-0.2, -0.15) is 0 Å². The van der Waals surface area contributed by atoms with Crippen molar-refractivity contribution < 1.29 is 4.79 Å². The van der Waals surface area contributed by atoms with E-state index in [1.54, 1.807) is 11.3 Å². The van der Waals surface area contributed by atoms with Crippen molar-refractivity contribution in [2.45, 2.75) is 32.4 Å². The maximum Gasteiger partial charge on any atom is 0.239 e. The number of nitrogens with zero attached hydrogens (tertiary/aromatic N) is 1. The standard InChI is InChI=1S/C17H22N2OS/c1-2-19(13-15-9-6-12-21-15)17(20)16(18)11-10-14-7-4-3-5-8-14/h3-9,12,16H,2,10-11,13,18H2,1H3. The molecule has 0 fully saturated rings. The largest absolute Gasteiger partial charge is 0.336 e. The van der Waals surface area contributed by atoms with E-state index in [9.17, 15) is 4.79 Å². The van der Waals surface area contributed by atoms with Gasteiger partial charge in [0.15, 0.2) is 0 Å². The molecule has 2 rings (SSSR count). The number of carbonyl (C=O) groups excluding carboxylic acids is 1. The summed E-state index contributed by atoms with van der Waals surface area (Å²) in [5.41, 5.74) is 7.31. The number of nitrogens with two attached hydrogens (primary N) is 1. The Morgan fingerprint density at radius 1 is 1.24 bits per heavy atom. The highest BCUT2D eigenvalue weighted by Gasteiger charge is 2.20. The van der Waals surface area contributed by atoms with Gasteiger partial charge in [-0.25, -0.2) is 0 Å². The molecule has 1 heterocycles. The van der Waals surface area contributed by atoms with Gasteiger partial charge in [0.25, 0.3) is 0 Å². The second kappa shape index (κ2) is 7.96. The minimum atomic E-state index is -0.426. The number of rotatable bonds is 7. The number of carbonyl (C=O) groups is 1. The number of thiophene rings is 1. The van der Waals surface area contributed by atoms with Crippen molar-refractivity contribution in [1.82, 2.24) is 4.90 Å². The Hall–Kier alpha value is -1.65. The molecule has 0 aliphatic rings. The van der Waals surface area contributed by atoms with Crippen LogP contribution in [-0.2, 0) is 17.8 Å². The molecule has 112 valence electrons. The van der Waals surface area contributed by atoms with Crippen molar-refractivity contribution in [2.75, 3.05) is 6.54 Å². The summed E-state index contributed by atoms with van der Waals surface area (Å²) >= 11 is 1.67. The molecule has 1 amide bonds. The van der Waals surface area contributed by atoms with Crippen molar-refractivity contribution in [3.8, 4) is 0 Å². The highest BCUT2D eigenvalue weighted by atomic mass is 32.1. The smallest absolute Gasteiger partial charge is 0.239 e. The van der Waals surface area contributed by atoms with Gasteiger partial charge >= 0.3 is 0 Å². The molecular formula is C17H22N2OS. The zero-order chi connectivity index (χ0) is 15.1.